The zero-order chi connectivity index (χ0) is 26.2. The van der Waals surface area contributed by atoms with Crippen molar-refractivity contribution in [2.24, 2.45) is 0 Å². The molecule has 4 atom stereocenters. The van der Waals surface area contributed by atoms with Crippen LogP contribution in [-0.2, 0) is 9.47 Å². The van der Waals surface area contributed by atoms with Crippen LogP contribution in [0.25, 0.3) is 11.2 Å². The van der Waals surface area contributed by atoms with Crippen molar-refractivity contribution in [3.05, 3.63) is 35.9 Å². The number of carbonyl (C=O) groups is 1. The number of aliphatic hydroxyl groups excluding tert-OH is 2. The Labute approximate surface area is 220 Å². The van der Waals surface area contributed by atoms with Crippen LogP contribution in [0.3, 0.4) is 0 Å². The number of hydrogen-bond donors (Lipinski definition) is 3. The number of ether oxygens (including phenoxy) is 2. The highest BCUT2D eigenvalue weighted by atomic mass is 32.2. The molecule has 4 rings (SSSR count). The van der Waals surface area contributed by atoms with Gasteiger partial charge >= 0.3 is 5.97 Å². The number of nitrogens with one attached hydrogen (secondary N) is 1. The molecule has 37 heavy (non-hydrogen) atoms. The van der Waals surface area contributed by atoms with E-state index in [2.05, 4.69) is 39.4 Å². The molecule has 0 radical (unpaired) electrons. The third-order valence-electron chi connectivity index (χ3n) is 6.03. The van der Waals surface area contributed by atoms with E-state index >= 15 is 0 Å². The highest BCUT2D eigenvalue weighted by Gasteiger charge is 2.45. The van der Waals surface area contributed by atoms with Crippen LogP contribution in [0.5, 0.6) is 0 Å². The van der Waals surface area contributed by atoms with Gasteiger partial charge in [0.25, 0.3) is 0 Å². The number of unbranched alkanes of at least 4 members (excludes halogenated alkanes) is 3. The van der Waals surface area contributed by atoms with E-state index in [-0.39, 0.29) is 6.61 Å². The second-order valence-electron chi connectivity index (χ2n) is 8.91. The second-order valence-corrected chi connectivity index (χ2v) is 9.97. The molecule has 3 heterocycles. The standard InChI is InChI=1S/C25H34N6O5S/c1-3-5-6-10-13-26-21-18-22(28-25(27-21)37-14-4-2)31(30-29-18)23-20(33)19(32)17(36-23)15-35-24(34)16-11-8-7-9-12-16/h7-9,11-12,17,19-20,23,32-33H,3-6,10,13-15H2,1-2H3,(H,26,27,28)/t17-,19-,20-,23-/m1/s1. The van der Waals surface area contributed by atoms with E-state index in [0.717, 1.165) is 38.0 Å². The number of nitrogens with zero attached hydrogens (tertiary/aromatic N) is 5. The first-order valence-corrected chi connectivity index (χ1v) is 13.7. The van der Waals surface area contributed by atoms with Crippen molar-refractivity contribution in [1.29, 1.82) is 0 Å². The molecule has 1 aromatic carbocycles. The Balaban J connectivity index is 1.51. The van der Waals surface area contributed by atoms with E-state index in [4.69, 9.17) is 9.47 Å². The number of esters is 1. The van der Waals surface area contributed by atoms with Gasteiger partial charge in [-0.2, -0.15) is 4.68 Å². The van der Waals surface area contributed by atoms with Gasteiger partial charge in [-0.3, -0.25) is 0 Å². The molecule has 1 saturated heterocycles. The molecular formula is C25H34N6O5S. The molecule has 0 saturated carbocycles. The largest absolute Gasteiger partial charge is 0.459 e. The summed E-state index contributed by atoms with van der Waals surface area (Å²) in [5, 5.41) is 33.8. The minimum atomic E-state index is -1.32. The Morgan fingerprint density at radius 2 is 1.92 bits per heavy atom. The first kappa shape index (κ1) is 27.2. The Bertz CT molecular complexity index is 1160. The molecule has 1 fully saturated rings. The van der Waals surface area contributed by atoms with E-state index < -0.39 is 30.5 Å². The maximum absolute atomic E-state index is 12.3. The Morgan fingerprint density at radius 1 is 1.11 bits per heavy atom. The summed E-state index contributed by atoms with van der Waals surface area (Å²) in [5.74, 6) is 0.882. The third kappa shape index (κ3) is 6.56. The number of fused-ring (bicyclic) bond motifs is 1. The number of aliphatic hydroxyl groups is 2. The minimum Gasteiger partial charge on any atom is -0.459 e. The molecule has 0 amide bonds. The van der Waals surface area contributed by atoms with Crippen molar-refractivity contribution in [3.63, 3.8) is 0 Å². The van der Waals surface area contributed by atoms with E-state index in [9.17, 15) is 15.0 Å². The van der Waals surface area contributed by atoms with Gasteiger partial charge in [0.2, 0.25) is 0 Å². The first-order chi connectivity index (χ1) is 18.0. The fourth-order valence-electron chi connectivity index (χ4n) is 4.01. The topological polar surface area (TPSA) is 145 Å². The number of carbonyl (C=O) groups excluding carboxylic acids is 1. The maximum atomic E-state index is 12.3. The van der Waals surface area contributed by atoms with E-state index in [0.29, 0.717) is 27.7 Å². The van der Waals surface area contributed by atoms with Crippen LogP contribution in [0, 0.1) is 0 Å². The average Bonchev–Trinajstić information content (AvgIpc) is 3.46. The van der Waals surface area contributed by atoms with Crippen LogP contribution in [0.15, 0.2) is 35.5 Å². The molecule has 3 N–H and O–H groups in total. The normalized spacial score (nSPS) is 21.4. The summed E-state index contributed by atoms with van der Waals surface area (Å²) in [7, 11) is 0. The molecule has 0 spiro atoms. The van der Waals surface area contributed by atoms with Gasteiger partial charge in [-0.1, -0.05) is 68.3 Å². The molecule has 0 unspecified atom stereocenters. The van der Waals surface area contributed by atoms with E-state index in [1.165, 1.54) is 22.9 Å². The van der Waals surface area contributed by atoms with Gasteiger partial charge in [-0.15, -0.1) is 5.10 Å². The number of benzene rings is 1. The molecule has 200 valence electrons. The molecule has 1 aliphatic heterocycles. The van der Waals surface area contributed by atoms with Crippen LogP contribution >= 0.6 is 11.8 Å². The third-order valence-corrected chi connectivity index (χ3v) is 7.08. The van der Waals surface area contributed by atoms with Gasteiger partial charge in [0.05, 0.1) is 5.56 Å². The molecule has 12 heteroatoms. The van der Waals surface area contributed by atoms with Gasteiger partial charge in [0.15, 0.2) is 28.4 Å². The van der Waals surface area contributed by atoms with Gasteiger partial charge < -0.3 is 25.0 Å². The van der Waals surface area contributed by atoms with Crippen LogP contribution < -0.4 is 5.32 Å². The zero-order valence-electron chi connectivity index (χ0n) is 21.1. The lowest BCUT2D eigenvalue weighted by molar-refractivity contribution is -0.0620. The number of aromatic nitrogens is 5. The number of hydrogen-bond acceptors (Lipinski definition) is 11. The molecule has 0 bridgehead atoms. The number of anilines is 1. The molecule has 3 aromatic rings. The molecule has 11 nitrogen and oxygen atoms in total. The first-order valence-electron chi connectivity index (χ1n) is 12.8. The minimum absolute atomic E-state index is 0.230. The zero-order valence-corrected chi connectivity index (χ0v) is 21.9. The van der Waals surface area contributed by atoms with Crippen molar-refractivity contribution >= 4 is 34.7 Å². The van der Waals surface area contributed by atoms with Crippen LogP contribution in [0.2, 0.25) is 0 Å². The second kappa shape index (κ2) is 13.1. The Hall–Kier alpha value is -2.80. The quantitative estimate of drug-likeness (QED) is 0.130. The van der Waals surface area contributed by atoms with Gasteiger partial charge in [-0.25, -0.2) is 14.8 Å². The lowest BCUT2D eigenvalue weighted by Crippen LogP contribution is -2.34. The van der Waals surface area contributed by atoms with Crippen molar-refractivity contribution in [1.82, 2.24) is 25.0 Å². The average molecular weight is 531 g/mol. The lowest BCUT2D eigenvalue weighted by Gasteiger charge is -2.15. The fourth-order valence-corrected chi connectivity index (χ4v) is 4.70. The predicted molar refractivity (Wildman–Crippen MR) is 139 cm³/mol. The monoisotopic (exact) mass is 530 g/mol. The Morgan fingerprint density at radius 3 is 2.68 bits per heavy atom. The SMILES string of the molecule is CCCCCCNc1nc(SCCC)nc2c1nnn2[C@@H]1O[C@H](COC(=O)c2ccccc2)[C@@H](O)[C@H]1O. The molecule has 0 aliphatic carbocycles. The van der Waals surface area contributed by atoms with Crippen molar-refractivity contribution in [2.75, 3.05) is 24.2 Å². The van der Waals surface area contributed by atoms with Gasteiger partial charge in [-0.05, 0) is 25.0 Å². The number of rotatable bonds is 13. The summed E-state index contributed by atoms with van der Waals surface area (Å²) < 4.78 is 12.6. The molecular weight excluding hydrogens is 496 g/mol. The number of thioether (sulfide) groups is 1. The fraction of sp³-hybridized carbons (Fsp3) is 0.560. The summed E-state index contributed by atoms with van der Waals surface area (Å²) in [6.45, 7) is 4.77. The van der Waals surface area contributed by atoms with E-state index in [1.807, 2.05) is 0 Å². The summed E-state index contributed by atoms with van der Waals surface area (Å²) in [4.78, 5) is 21.6. The van der Waals surface area contributed by atoms with Crippen molar-refractivity contribution < 1.29 is 24.5 Å². The van der Waals surface area contributed by atoms with E-state index in [1.54, 1.807) is 30.3 Å². The van der Waals surface area contributed by atoms with Crippen molar-refractivity contribution in [2.45, 2.75) is 75.6 Å². The summed E-state index contributed by atoms with van der Waals surface area (Å²) in [6.07, 6.45) is 0.807. The highest BCUT2D eigenvalue weighted by Crippen LogP contribution is 2.32. The Kier molecular flexibility index (Phi) is 9.67. The maximum Gasteiger partial charge on any atom is 0.338 e. The van der Waals surface area contributed by atoms with Crippen LogP contribution in [-0.4, -0.2) is 78.4 Å². The van der Waals surface area contributed by atoms with Gasteiger partial charge in [0.1, 0.15) is 24.9 Å². The van der Waals surface area contributed by atoms with Crippen LogP contribution in [0.1, 0.15) is 62.5 Å². The van der Waals surface area contributed by atoms with Gasteiger partial charge in [0, 0.05) is 12.3 Å². The predicted octanol–water partition coefficient (Wildman–Crippen LogP) is 3.19. The summed E-state index contributed by atoms with van der Waals surface area (Å²) in [5.41, 5.74) is 1.24. The highest BCUT2D eigenvalue weighted by molar-refractivity contribution is 7.99. The summed E-state index contributed by atoms with van der Waals surface area (Å²) in [6, 6.07) is 8.54. The van der Waals surface area contributed by atoms with Crippen LogP contribution in [0.4, 0.5) is 5.82 Å². The lowest BCUT2D eigenvalue weighted by atomic mass is 10.1. The smallest absolute Gasteiger partial charge is 0.338 e. The molecule has 2 aromatic heterocycles. The molecule has 1 aliphatic rings. The summed E-state index contributed by atoms with van der Waals surface area (Å²) >= 11 is 1.52. The van der Waals surface area contributed by atoms with Crippen molar-refractivity contribution in [3.8, 4) is 0 Å².